The SMILES string of the molecule is COc1ccc2c(c1)CCN2C(=O)C(C)(C)C. The van der Waals surface area contributed by atoms with Crippen molar-refractivity contribution in [2.24, 2.45) is 5.41 Å². The summed E-state index contributed by atoms with van der Waals surface area (Å²) in [6.07, 6.45) is 0.911. The number of nitrogens with zero attached hydrogens (tertiary/aromatic N) is 1. The van der Waals surface area contributed by atoms with Crippen molar-refractivity contribution in [3.8, 4) is 5.75 Å². The van der Waals surface area contributed by atoms with Gasteiger partial charge < -0.3 is 9.64 Å². The molecule has 2 rings (SSSR count). The number of methoxy groups -OCH3 is 1. The van der Waals surface area contributed by atoms with Gasteiger partial charge in [-0.25, -0.2) is 0 Å². The van der Waals surface area contributed by atoms with Gasteiger partial charge in [0.2, 0.25) is 5.91 Å². The van der Waals surface area contributed by atoms with Crippen LogP contribution in [-0.4, -0.2) is 19.6 Å². The molecule has 0 fully saturated rings. The first kappa shape index (κ1) is 12.0. The number of ether oxygens (including phenoxy) is 1. The summed E-state index contributed by atoms with van der Waals surface area (Å²) in [5, 5.41) is 0. The Morgan fingerprint density at radius 1 is 1.35 bits per heavy atom. The lowest BCUT2D eigenvalue weighted by molar-refractivity contribution is -0.125. The fraction of sp³-hybridized carbons (Fsp3) is 0.500. The number of amides is 1. The van der Waals surface area contributed by atoms with E-state index in [4.69, 9.17) is 4.74 Å². The van der Waals surface area contributed by atoms with Gasteiger partial charge in [-0.15, -0.1) is 0 Å². The molecular weight excluding hydrogens is 214 g/mol. The Morgan fingerprint density at radius 2 is 2.06 bits per heavy atom. The number of hydrogen-bond donors (Lipinski definition) is 0. The van der Waals surface area contributed by atoms with E-state index in [1.54, 1.807) is 7.11 Å². The molecule has 3 heteroatoms. The molecule has 0 N–H and O–H groups in total. The van der Waals surface area contributed by atoms with Gasteiger partial charge in [0, 0.05) is 17.6 Å². The lowest BCUT2D eigenvalue weighted by Gasteiger charge is -2.26. The zero-order valence-corrected chi connectivity index (χ0v) is 10.9. The molecule has 1 aromatic carbocycles. The molecule has 17 heavy (non-hydrogen) atoms. The van der Waals surface area contributed by atoms with Gasteiger partial charge >= 0.3 is 0 Å². The van der Waals surface area contributed by atoms with Crippen molar-refractivity contribution in [3.63, 3.8) is 0 Å². The minimum Gasteiger partial charge on any atom is -0.497 e. The molecule has 0 radical (unpaired) electrons. The second-order valence-electron chi connectivity index (χ2n) is 5.45. The number of carbonyl (C=O) groups is 1. The first-order valence-corrected chi connectivity index (χ1v) is 5.92. The van der Waals surface area contributed by atoms with Crippen molar-refractivity contribution in [2.45, 2.75) is 27.2 Å². The van der Waals surface area contributed by atoms with Crippen molar-refractivity contribution < 1.29 is 9.53 Å². The van der Waals surface area contributed by atoms with Crippen molar-refractivity contribution >= 4 is 11.6 Å². The smallest absolute Gasteiger partial charge is 0.232 e. The van der Waals surface area contributed by atoms with Crippen LogP contribution in [0.5, 0.6) is 5.75 Å². The molecule has 0 unspecified atom stereocenters. The minimum atomic E-state index is -0.332. The molecule has 1 aliphatic rings. The zero-order chi connectivity index (χ0) is 12.6. The van der Waals surface area contributed by atoms with Gasteiger partial charge in [0.1, 0.15) is 5.75 Å². The highest BCUT2D eigenvalue weighted by Gasteiger charge is 2.32. The van der Waals surface area contributed by atoms with E-state index in [-0.39, 0.29) is 11.3 Å². The summed E-state index contributed by atoms with van der Waals surface area (Å²) in [5.41, 5.74) is 1.90. The average molecular weight is 233 g/mol. The Bertz CT molecular complexity index is 446. The van der Waals surface area contributed by atoms with E-state index in [1.165, 1.54) is 5.56 Å². The molecule has 1 aliphatic heterocycles. The van der Waals surface area contributed by atoms with Crippen LogP contribution >= 0.6 is 0 Å². The molecule has 1 amide bonds. The van der Waals surface area contributed by atoms with Crippen LogP contribution in [-0.2, 0) is 11.2 Å². The van der Waals surface area contributed by atoms with E-state index < -0.39 is 0 Å². The Kier molecular flexibility index (Phi) is 2.86. The maximum atomic E-state index is 12.3. The monoisotopic (exact) mass is 233 g/mol. The number of benzene rings is 1. The molecule has 0 aromatic heterocycles. The van der Waals surface area contributed by atoms with Crippen LogP contribution in [0.25, 0.3) is 0 Å². The minimum absolute atomic E-state index is 0.182. The van der Waals surface area contributed by atoms with Gasteiger partial charge in [0.05, 0.1) is 7.11 Å². The van der Waals surface area contributed by atoms with Crippen LogP contribution in [0.4, 0.5) is 5.69 Å². The second kappa shape index (κ2) is 4.06. The topological polar surface area (TPSA) is 29.5 Å². The largest absolute Gasteiger partial charge is 0.497 e. The molecule has 0 bridgehead atoms. The molecule has 3 nitrogen and oxygen atoms in total. The Balaban J connectivity index is 2.32. The number of hydrogen-bond acceptors (Lipinski definition) is 2. The molecule has 0 saturated carbocycles. The van der Waals surface area contributed by atoms with E-state index in [0.29, 0.717) is 0 Å². The molecule has 1 heterocycles. The number of fused-ring (bicyclic) bond motifs is 1. The summed E-state index contributed by atoms with van der Waals surface area (Å²) >= 11 is 0. The molecular formula is C14H19NO2. The first-order valence-electron chi connectivity index (χ1n) is 5.92. The molecule has 0 aliphatic carbocycles. The van der Waals surface area contributed by atoms with Crippen molar-refractivity contribution in [2.75, 3.05) is 18.6 Å². The van der Waals surface area contributed by atoms with Gasteiger partial charge in [-0.3, -0.25) is 4.79 Å². The van der Waals surface area contributed by atoms with Crippen LogP contribution in [0.15, 0.2) is 18.2 Å². The van der Waals surface area contributed by atoms with Crippen molar-refractivity contribution in [1.82, 2.24) is 0 Å². The summed E-state index contributed by atoms with van der Waals surface area (Å²) in [4.78, 5) is 14.2. The molecule has 1 aromatic rings. The van der Waals surface area contributed by atoms with Crippen LogP contribution in [0, 0.1) is 5.41 Å². The third kappa shape index (κ3) is 2.14. The predicted octanol–water partition coefficient (Wildman–Crippen LogP) is 2.63. The first-order chi connectivity index (χ1) is 7.93. The standard InChI is InChI=1S/C14H19NO2/c1-14(2,3)13(16)15-8-7-10-9-11(17-4)5-6-12(10)15/h5-6,9H,7-8H2,1-4H3. The molecule has 0 atom stereocenters. The Hall–Kier alpha value is -1.51. The third-order valence-electron chi connectivity index (χ3n) is 3.07. The molecule has 0 saturated heterocycles. The quantitative estimate of drug-likeness (QED) is 0.746. The fourth-order valence-corrected chi connectivity index (χ4v) is 2.12. The number of anilines is 1. The van der Waals surface area contributed by atoms with Gasteiger partial charge in [-0.1, -0.05) is 20.8 Å². The predicted molar refractivity (Wildman–Crippen MR) is 68.5 cm³/mol. The third-order valence-corrected chi connectivity index (χ3v) is 3.07. The summed E-state index contributed by atoms with van der Waals surface area (Å²) in [7, 11) is 1.66. The lowest BCUT2D eigenvalue weighted by Crippen LogP contribution is -2.38. The summed E-state index contributed by atoms with van der Waals surface area (Å²) in [6, 6.07) is 5.91. The average Bonchev–Trinajstić information content (AvgIpc) is 2.69. The Morgan fingerprint density at radius 3 is 2.65 bits per heavy atom. The highest BCUT2D eigenvalue weighted by Crippen LogP contribution is 2.33. The van der Waals surface area contributed by atoms with E-state index in [9.17, 15) is 4.79 Å². The number of rotatable bonds is 1. The lowest BCUT2D eigenvalue weighted by atomic mass is 9.95. The van der Waals surface area contributed by atoms with Gasteiger partial charge in [-0.05, 0) is 30.2 Å². The fourth-order valence-electron chi connectivity index (χ4n) is 2.12. The highest BCUT2D eigenvalue weighted by molar-refractivity contribution is 5.98. The van der Waals surface area contributed by atoms with Crippen LogP contribution in [0.2, 0.25) is 0 Å². The van der Waals surface area contributed by atoms with Crippen LogP contribution < -0.4 is 9.64 Å². The number of carbonyl (C=O) groups excluding carboxylic acids is 1. The van der Waals surface area contributed by atoms with Crippen molar-refractivity contribution in [3.05, 3.63) is 23.8 Å². The van der Waals surface area contributed by atoms with Crippen LogP contribution in [0.1, 0.15) is 26.3 Å². The highest BCUT2D eigenvalue weighted by atomic mass is 16.5. The van der Waals surface area contributed by atoms with E-state index in [1.807, 2.05) is 43.9 Å². The van der Waals surface area contributed by atoms with Gasteiger partial charge in [-0.2, -0.15) is 0 Å². The van der Waals surface area contributed by atoms with E-state index in [2.05, 4.69) is 0 Å². The van der Waals surface area contributed by atoms with Crippen molar-refractivity contribution in [1.29, 1.82) is 0 Å². The van der Waals surface area contributed by atoms with Crippen LogP contribution in [0.3, 0.4) is 0 Å². The van der Waals surface area contributed by atoms with Gasteiger partial charge in [0.25, 0.3) is 0 Å². The normalized spacial score (nSPS) is 14.7. The van der Waals surface area contributed by atoms with E-state index in [0.717, 1.165) is 24.4 Å². The van der Waals surface area contributed by atoms with Gasteiger partial charge in [0.15, 0.2) is 0 Å². The molecule has 0 spiro atoms. The zero-order valence-electron chi connectivity index (χ0n) is 10.9. The maximum absolute atomic E-state index is 12.3. The molecule has 92 valence electrons. The summed E-state index contributed by atoms with van der Waals surface area (Å²) < 4.78 is 5.20. The summed E-state index contributed by atoms with van der Waals surface area (Å²) in [6.45, 7) is 6.64. The van der Waals surface area contributed by atoms with E-state index >= 15 is 0 Å². The second-order valence-corrected chi connectivity index (χ2v) is 5.45. The Labute approximate surface area is 102 Å². The summed E-state index contributed by atoms with van der Waals surface area (Å²) in [5.74, 6) is 1.04. The maximum Gasteiger partial charge on any atom is 0.232 e.